The minimum absolute atomic E-state index is 0.0394. The Hall–Kier alpha value is -3.29. The first-order valence-electron chi connectivity index (χ1n) is 8.93. The third-order valence-electron chi connectivity index (χ3n) is 4.88. The summed E-state index contributed by atoms with van der Waals surface area (Å²) in [6.07, 6.45) is 2.99. The van der Waals surface area contributed by atoms with E-state index in [1.54, 1.807) is 35.4 Å². The van der Waals surface area contributed by atoms with Gasteiger partial charge in [0.05, 0.1) is 0 Å². The maximum absolute atomic E-state index is 12.7. The molecular formula is C19H20N6O2. The number of fused-ring (bicyclic) bond motifs is 1. The second kappa shape index (κ2) is 7.14. The number of hydrogen-bond acceptors (Lipinski definition) is 5. The molecule has 1 fully saturated rings. The van der Waals surface area contributed by atoms with Crippen molar-refractivity contribution in [2.45, 2.75) is 19.8 Å². The smallest absolute Gasteiger partial charge is 0.253 e. The third kappa shape index (κ3) is 3.64. The lowest BCUT2D eigenvalue weighted by molar-refractivity contribution is -0.121. The van der Waals surface area contributed by atoms with Crippen molar-refractivity contribution in [3.63, 3.8) is 0 Å². The van der Waals surface area contributed by atoms with Gasteiger partial charge in [0.25, 0.3) is 5.91 Å². The molecule has 0 aliphatic carbocycles. The second-order valence-electron chi connectivity index (χ2n) is 6.80. The first kappa shape index (κ1) is 17.1. The highest BCUT2D eigenvalue weighted by Gasteiger charge is 2.28. The monoisotopic (exact) mass is 364 g/mol. The highest BCUT2D eigenvalue weighted by molar-refractivity contribution is 5.97. The lowest BCUT2D eigenvalue weighted by atomic mass is 9.95. The van der Waals surface area contributed by atoms with Crippen LogP contribution in [0.15, 0.2) is 36.5 Å². The fourth-order valence-electron chi connectivity index (χ4n) is 3.27. The number of likely N-dealkylation sites (tertiary alicyclic amines) is 1. The zero-order valence-electron chi connectivity index (χ0n) is 15.0. The SMILES string of the molecule is Cc1ccc(NC(=O)C2CCN(C(=O)c3ccc4n[nH]nc4c3)CC2)nc1. The number of nitrogens with one attached hydrogen (secondary N) is 2. The van der Waals surface area contributed by atoms with Crippen LogP contribution in [-0.2, 0) is 4.79 Å². The van der Waals surface area contributed by atoms with Gasteiger partial charge in [-0.2, -0.15) is 15.4 Å². The van der Waals surface area contributed by atoms with Crippen LogP contribution in [0.2, 0.25) is 0 Å². The van der Waals surface area contributed by atoms with Crippen LogP contribution in [0.5, 0.6) is 0 Å². The highest BCUT2D eigenvalue weighted by atomic mass is 16.2. The van der Waals surface area contributed by atoms with E-state index in [9.17, 15) is 9.59 Å². The number of anilines is 1. The molecule has 27 heavy (non-hydrogen) atoms. The summed E-state index contributed by atoms with van der Waals surface area (Å²) in [5, 5.41) is 13.4. The predicted molar refractivity (Wildman–Crippen MR) is 100 cm³/mol. The van der Waals surface area contributed by atoms with Gasteiger partial charge in [0, 0.05) is 30.8 Å². The second-order valence-corrected chi connectivity index (χ2v) is 6.80. The molecule has 138 valence electrons. The molecule has 4 rings (SSSR count). The van der Waals surface area contributed by atoms with Crippen LogP contribution in [0, 0.1) is 12.8 Å². The van der Waals surface area contributed by atoms with E-state index >= 15 is 0 Å². The summed E-state index contributed by atoms with van der Waals surface area (Å²) in [7, 11) is 0. The summed E-state index contributed by atoms with van der Waals surface area (Å²) in [6, 6.07) is 8.99. The Morgan fingerprint density at radius 1 is 1.11 bits per heavy atom. The maximum Gasteiger partial charge on any atom is 0.253 e. The van der Waals surface area contributed by atoms with E-state index in [4.69, 9.17) is 0 Å². The van der Waals surface area contributed by atoms with Gasteiger partial charge in [-0.1, -0.05) is 6.07 Å². The van der Waals surface area contributed by atoms with Gasteiger partial charge in [0.1, 0.15) is 16.9 Å². The zero-order chi connectivity index (χ0) is 18.8. The number of rotatable bonds is 3. The molecule has 0 saturated carbocycles. The number of aromatic nitrogens is 4. The van der Waals surface area contributed by atoms with Gasteiger partial charge in [-0.15, -0.1) is 0 Å². The number of amides is 2. The van der Waals surface area contributed by atoms with E-state index in [0.29, 0.717) is 42.8 Å². The van der Waals surface area contributed by atoms with Gasteiger partial charge >= 0.3 is 0 Å². The van der Waals surface area contributed by atoms with E-state index < -0.39 is 0 Å². The number of nitrogens with zero attached hydrogens (tertiary/aromatic N) is 4. The quantitative estimate of drug-likeness (QED) is 0.741. The number of aromatic amines is 1. The van der Waals surface area contributed by atoms with Gasteiger partial charge in [-0.25, -0.2) is 4.98 Å². The summed E-state index contributed by atoms with van der Waals surface area (Å²) in [5.74, 6) is 0.363. The first-order chi connectivity index (χ1) is 13.1. The van der Waals surface area contributed by atoms with E-state index in [2.05, 4.69) is 25.7 Å². The van der Waals surface area contributed by atoms with Crippen molar-refractivity contribution in [1.29, 1.82) is 0 Å². The Balaban J connectivity index is 1.35. The Kier molecular flexibility index (Phi) is 4.53. The molecule has 2 N–H and O–H groups in total. The largest absolute Gasteiger partial charge is 0.339 e. The molecule has 3 heterocycles. The lowest BCUT2D eigenvalue weighted by Gasteiger charge is -2.31. The molecule has 3 aromatic rings. The maximum atomic E-state index is 12.7. The number of carbonyl (C=O) groups excluding carboxylic acids is 2. The van der Waals surface area contributed by atoms with Crippen molar-refractivity contribution in [2.75, 3.05) is 18.4 Å². The molecule has 1 saturated heterocycles. The van der Waals surface area contributed by atoms with Gasteiger partial charge in [-0.3, -0.25) is 9.59 Å². The van der Waals surface area contributed by atoms with Crippen LogP contribution < -0.4 is 5.32 Å². The van der Waals surface area contributed by atoms with E-state index in [1.165, 1.54) is 0 Å². The van der Waals surface area contributed by atoms with Crippen molar-refractivity contribution in [1.82, 2.24) is 25.3 Å². The van der Waals surface area contributed by atoms with Gasteiger partial charge < -0.3 is 10.2 Å². The predicted octanol–water partition coefficient (Wildman–Crippen LogP) is 2.15. The van der Waals surface area contributed by atoms with Crippen LogP contribution in [0.3, 0.4) is 0 Å². The minimum Gasteiger partial charge on any atom is -0.339 e. The average molecular weight is 364 g/mol. The number of pyridine rings is 1. The van der Waals surface area contributed by atoms with Crippen molar-refractivity contribution >= 4 is 28.7 Å². The third-order valence-corrected chi connectivity index (χ3v) is 4.88. The van der Waals surface area contributed by atoms with Crippen molar-refractivity contribution < 1.29 is 9.59 Å². The Morgan fingerprint density at radius 3 is 2.63 bits per heavy atom. The Labute approximate surface area is 156 Å². The normalized spacial score (nSPS) is 15.1. The lowest BCUT2D eigenvalue weighted by Crippen LogP contribution is -2.41. The fraction of sp³-hybridized carbons (Fsp3) is 0.316. The molecule has 1 aliphatic heterocycles. The highest BCUT2D eigenvalue weighted by Crippen LogP contribution is 2.21. The van der Waals surface area contributed by atoms with Gasteiger partial charge in [0.2, 0.25) is 5.91 Å². The van der Waals surface area contributed by atoms with Crippen molar-refractivity contribution in [3.05, 3.63) is 47.7 Å². The summed E-state index contributed by atoms with van der Waals surface area (Å²) < 4.78 is 0. The number of piperidine rings is 1. The molecule has 1 aliphatic rings. The summed E-state index contributed by atoms with van der Waals surface area (Å²) in [6.45, 7) is 3.05. The number of aryl methyl sites for hydroxylation is 1. The number of benzene rings is 1. The van der Waals surface area contributed by atoms with Gasteiger partial charge in [0.15, 0.2) is 0 Å². The molecule has 0 radical (unpaired) electrons. The molecule has 2 aromatic heterocycles. The van der Waals surface area contributed by atoms with Gasteiger partial charge in [-0.05, 0) is 49.6 Å². The number of carbonyl (C=O) groups is 2. The molecule has 0 bridgehead atoms. The summed E-state index contributed by atoms with van der Waals surface area (Å²) >= 11 is 0. The Bertz CT molecular complexity index is 973. The minimum atomic E-state index is -0.116. The molecule has 0 unspecified atom stereocenters. The van der Waals surface area contributed by atoms with E-state index in [1.807, 2.05) is 13.0 Å². The van der Waals surface area contributed by atoms with Crippen LogP contribution in [0.25, 0.3) is 11.0 Å². The standard InChI is InChI=1S/C19H20N6O2/c1-12-2-5-17(20-11-12)21-18(26)13-6-8-25(9-7-13)19(27)14-3-4-15-16(10-14)23-24-22-15/h2-5,10-11,13H,6-9H2,1H3,(H,20,21,26)(H,22,23,24). The molecule has 0 spiro atoms. The molecule has 2 amide bonds. The van der Waals surface area contributed by atoms with Crippen molar-refractivity contribution in [3.8, 4) is 0 Å². The molecule has 8 heteroatoms. The van der Waals surface area contributed by atoms with Crippen molar-refractivity contribution in [2.24, 2.45) is 5.92 Å². The molecule has 0 atom stereocenters. The molecule has 8 nitrogen and oxygen atoms in total. The Morgan fingerprint density at radius 2 is 1.89 bits per heavy atom. The van der Waals surface area contributed by atoms with Crippen LogP contribution in [0.1, 0.15) is 28.8 Å². The van der Waals surface area contributed by atoms with Crippen LogP contribution in [-0.4, -0.2) is 50.2 Å². The zero-order valence-corrected chi connectivity index (χ0v) is 15.0. The molecular weight excluding hydrogens is 344 g/mol. The summed E-state index contributed by atoms with van der Waals surface area (Å²) in [4.78, 5) is 31.2. The van der Waals surface area contributed by atoms with Crippen LogP contribution in [0.4, 0.5) is 5.82 Å². The number of hydrogen-bond donors (Lipinski definition) is 2. The topological polar surface area (TPSA) is 104 Å². The van der Waals surface area contributed by atoms with E-state index in [0.717, 1.165) is 11.1 Å². The fourth-order valence-corrected chi connectivity index (χ4v) is 3.27. The summed E-state index contributed by atoms with van der Waals surface area (Å²) in [5.41, 5.74) is 3.03. The molecule has 1 aromatic carbocycles. The van der Waals surface area contributed by atoms with E-state index in [-0.39, 0.29) is 17.7 Å². The van der Waals surface area contributed by atoms with Crippen LogP contribution >= 0.6 is 0 Å². The number of H-pyrrole nitrogens is 1. The average Bonchev–Trinajstić information content (AvgIpc) is 3.17. The first-order valence-corrected chi connectivity index (χ1v) is 8.93.